The first-order chi connectivity index (χ1) is 8.50. The van der Waals surface area contributed by atoms with Gasteiger partial charge >= 0.3 is 0 Å². The minimum atomic E-state index is 0.0373. The summed E-state index contributed by atoms with van der Waals surface area (Å²) >= 11 is 9.35. The van der Waals surface area contributed by atoms with E-state index in [4.69, 9.17) is 11.6 Å². The Morgan fingerprint density at radius 3 is 2.72 bits per heavy atom. The van der Waals surface area contributed by atoms with E-state index in [2.05, 4.69) is 26.6 Å². The molecule has 100 valence electrons. The van der Waals surface area contributed by atoms with E-state index < -0.39 is 0 Å². The lowest BCUT2D eigenvalue weighted by Gasteiger charge is -2.09. The lowest BCUT2D eigenvalue weighted by atomic mass is 10.2. The van der Waals surface area contributed by atoms with Crippen LogP contribution in [0.5, 0.6) is 0 Å². The summed E-state index contributed by atoms with van der Waals surface area (Å²) in [6.07, 6.45) is 0. The Morgan fingerprint density at radius 1 is 1.39 bits per heavy atom. The number of halogens is 2. The molecule has 0 bridgehead atoms. The molecule has 3 nitrogen and oxygen atoms in total. The molecule has 0 fully saturated rings. The van der Waals surface area contributed by atoms with Gasteiger partial charge in [-0.2, -0.15) is 0 Å². The van der Waals surface area contributed by atoms with Gasteiger partial charge in [0.15, 0.2) is 0 Å². The zero-order valence-electron chi connectivity index (χ0n) is 10.6. The van der Waals surface area contributed by atoms with E-state index in [0.717, 1.165) is 23.1 Å². The van der Waals surface area contributed by atoms with Crippen LogP contribution in [0.25, 0.3) is 0 Å². The third kappa shape index (κ3) is 5.38. The third-order valence-electron chi connectivity index (χ3n) is 2.44. The van der Waals surface area contributed by atoms with Gasteiger partial charge in [0.2, 0.25) is 5.91 Å². The van der Waals surface area contributed by atoms with E-state index in [9.17, 15) is 4.79 Å². The number of rotatable bonds is 6. The van der Waals surface area contributed by atoms with Gasteiger partial charge in [-0.05, 0) is 33.6 Å². The van der Waals surface area contributed by atoms with Crippen molar-refractivity contribution in [2.24, 2.45) is 5.92 Å². The SMILES string of the molecule is CC(C)C(=O)NCCNCc1ccc(Br)c(Cl)c1. The van der Waals surface area contributed by atoms with Crippen LogP contribution < -0.4 is 10.6 Å². The van der Waals surface area contributed by atoms with E-state index in [1.165, 1.54) is 0 Å². The molecule has 1 amide bonds. The van der Waals surface area contributed by atoms with Crippen LogP contribution in [0.15, 0.2) is 22.7 Å². The van der Waals surface area contributed by atoms with Gasteiger partial charge < -0.3 is 10.6 Å². The summed E-state index contributed by atoms with van der Waals surface area (Å²) in [4.78, 5) is 11.3. The fraction of sp³-hybridized carbons (Fsp3) is 0.462. The molecular formula is C13H18BrClN2O. The molecule has 0 aliphatic rings. The molecule has 0 radical (unpaired) electrons. The summed E-state index contributed by atoms with van der Waals surface area (Å²) in [7, 11) is 0. The molecule has 0 aromatic heterocycles. The van der Waals surface area contributed by atoms with Crippen LogP contribution >= 0.6 is 27.5 Å². The fourth-order valence-corrected chi connectivity index (χ4v) is 1.81. The van der Waals surface area contributed by atoms with Crippen LogP contribution in [0.4, 0.5) is 0 Å². The van der Waals surface area contributed by atoms with Crippen LogP contribution in [-0.4, -0.2) is 19.0 Å². The lowest BCUT2D eigenvalue weighted by Crippen LogP contribution is -2.34. The molecule has 18 heavy (non-hydrogen) atoms. The van der Waals surface area contributed by atoms with Crippen LogP contribution in [0.1, 0.15) is 19.4 Å². The molecular weight excluding hydrogens is 316 g/mol. The van der Waals surface area contributed by atoms with Crippen molar-refractivity contribution in [2.45, 2.75) is 20.4 Å². The number of carbonyl (C=O) groups excluding carboxylic acids is 1. The third-order valence-corrected chi connectivity index (χ3v) is 3.67. The highest BCUT2D eigenvalue weighted by Crippen LogP contribution is 2.22. The van der Waals surface area contributed by atoms with Crippen molar-refractivity contribution in [3.63, 3.8) is 0 Å². The molecule has 5 heteroatoms. The Labute approximate surface area is 121 Å². The predicted molar refractivity (Wildman–Crippen MR) is 78.7 cm³/mol. The van der Waals surface area contributed by atoms with Crippen molar-refractivity contribution < 1.29 is 4.79 Å². The average molecular weight is 334 g/mol. The zero-order chi connectivity index (χ0) is 13.5. The van der Waals surface area contributed by atoms with E-state index in [0.29, 0.717) is 11.6 Å². The first kappa shape index (κ1) is 15.5. The van der Waals surface area contributed by atoms with Crippen LogP contribution in [-0.2, 0) is 11.3 Å². The van der Waals surface area contributed by atoms with Gasteiger partial charge in [-0.25, -0.2) is 0 Å². The Balaban J connectivity index is 2.22. The van der Waals surface area contributed by atoms with Crippen molar-refractivity contribution in [1.82, 2.24) is 10.6 Å². The summed E-state index contributed by atoms with van der Waals surface area (Å²) in [6, 6.07) is 5.86. The second-order valence-electron chi connectivity index (χ2n) is 4.37. The van der Waals surface area contributed by atoms with Crippen molar-refractivity contribution in [1.29, 1.82) is 0 Å². The molecule has 0 spiro atoms. The molecule has 1 aromatic rings. The number of carbonyl (C=O) groups is 1. The fourth-order valence-electron chi connectivity index (χ4n) is 1.36. The van der Waals surface area contributed by atoms with Gasteiger partial charge in [-0.1, -0.05) is 31.5 Å². The molecule has 0 saturated heterocycles. The molecule has 2 N–H and O–H groups in total. The van der Waals surface area contributed by atoms with Crippen molar-refractivity contribution in [3.8, 4) is 0 Å². The number of hydrogen-bond donors (Lipinski definition) is 2. The van der Waals surface area contributed by atoms with Gasteiger partial charge in [-0.3, -0.25) is 4.79 Å². The Bertz CT molecular complexity index is 410. The maximum absolute atomic E-state index is 11.3. The van der Waals surface area contributed by atoms with Gasteiger partial charge in [0, 0.05) is 30.0 Å². The second kappa shape index (κ2) is 7.77. The van der Waals surface area contributed by atoms with E-state index in [1.54, 1.807) is 0 Å². The maximum Gasteiger partial charge on any atom is 0.222 e. The molecule has 0 aliphatic carbocycles. The number of hydrogen-bond acceptors (Lipinski definition) is 2. The summed E-state index contributed by atoms with van der Waals surface area (Å²) in [5, 5.41) is 6.82. The van der Waals surface area contributed by atoms with Gasteiger partial charge in [-0.15, -0.1) is 0 Å². The van der Waals surface area contributed by atoms with E-state index in [-0.39, 0.29) is 11.8 Å². The zero-order valence-corrected chi connectivity index (χ0v) is 12.9. The van der Waals surface area contributed by atoms with Gasteiger partial charge in [0.1, 0.15) is 0 Å². The first-order valence-electron chi connectivity index (χ1n) is 5.93. The minimum absolute atomic E-state index is 0.0373. The Hall–Kier alpha value is -0.580. The Kier molecular flexibility index (Phi) is 6.68. The largest absolute Gasteiger partial charge is 0.355 e. The minimum Gasteiger partial charge on any atom is -0.355 e. The molecule has 1 aromatic carbocycles. The highest BCUT2D eigenvalue weighted by atomic mass is 79.9. The Morgan fingerprint density at radius 2 is 2.11 bits per heavy atom. The molecule has 0 atom stereocenters. The van der Waals surface area contributed by atoms with Gasteiger partial charge in [0.05, 0.1) is 5.02 Å². The van der Waals surface area contributed by atoms with Crippen LogP contribution in [0.3, 0.4) is 0 Å². The maximum atomic E-state index is 11.3. The summed E-state index contributed by atoms with van der Waals surface area (Å²) in [6.45, 7) is 5.89. The van der Waals surface area contributed by atoms with Crippen molar-refractivity contribution in [3.05, 3.63) is 33.3 Å². The van der Waals surface area contributed by atoms with E-state index >= 15 is 0 Å². The standard InChI is InChI=1S/C13H18BrClN2O/c1-9(2)13(18)17-6-5-16-8-10-3-4-11(14)12(15)7-10/h3-4,7,9,16H,5-6,8H2,1-2H3,(H,17,18). The van der Waals surface area contributed by atoms with Crippen molar-refractivity contribution in [2.75, 3.05) is 13.1 Å². The summed E-state index contributed by atoms with van der Waals surface area (Å²) in [5.41, 5.74) is 1.12. The van der Waals surface area contributed by atoms with Gasteiger partial charge in [0.25, 0.3) is 0 Å². The predicted octanol–water partition coefficient (Wildman–Crippen LogP) is 2.96. The molecule has 0 aliphatic heterocycles. The molecule has 0 heterocycles. The average Bonchev–Trinajstić information content (AvgIpc) is 2.32. The molecule has 0 unspecified atom stereocenters. The quantitative estimate of drug-likeness (QED) is 0.786. The topological polar surface area (TPSA) is 41.1 Å². The second-order valence-corrected chi connectivity index (χ2v) is 5.63. The number of amides is 1. The van der Waals surface area contributed by atoms with Crippen LogP contribution in [0.2, 0.25) is 5.02 Å². The smallest absolute Gasteiger partial charge is 0.222 e. The number of benzene rings is 1. The normalized spacial score (nSPS) is 10.7. The number of nitrogens with one attached hydrogen (secondary N) is 2. The molecule has 1 rings (SSSR count). The molecule has 0 saturated carbocycles. The van der Waals surface area contributed by atoms with E-state index in [1.807, 2.05) is 32.0 Å². The summed E-state index contributed by atoms with van der Waals surface area (Å²) in [5.74, 6) is 0.124. The highest BCUT2D eigenvalue weighted by Gasteiger charge is 2.04. The first-order valence-corrected chi connectivity index (χ1v) is 7.10. The van der Waals surface area contributed by atoms with Crippen molar-refractivity contribution >= 4 is 33.4 Å². The summed E-state index contributed by atoms with van der Waals surface area (Å²) < 4.78 is 0.900. The lowest BCUT2D eigenvalue weighted by molar-refractivity contribution is -0.123. The van der Waals surface area contributed by atoms with Crippen LogP contribution in [0, 0.1) is 5.92 Å². The highest BCUT2D eigenvalue weighted by molar-refractivity contribution is 9.10. The monoisotopic (exact) mass is 332 g/mol.